The van der Waals surface area contributed by atoms with E-state index in [2.05, 4.69) is 30.9 Å². The van der Waals surface area contributed by atoms with Crippen LogP contribution in [0, 0.1) is 11.6 Å². The van der Waals surface area contributed by atoms with E-state index in [0.717, 1.165) is 25.2 Å². The van der Waals surface area contributed by atoms with E-state index in [4.69, 9.17) is 16.3 Å². The first-order valence-corrected chi connectivity index (χ1v) is 12.7. The number of hydrogen-bond donors (Lipinski definition) is 0. The Balaban J connectivity index is 0.000000156. The Kier molecular flexibility index (Phi) is 6.95. The van der Waals surface area contributed by atoms with Crippen molar-refractivity contribution < 1.29 is 13.5 Å². The van der Waals surface area contributed by atoms with Gasteiger partial charge in [-0.05, 0) is 44.2 Å². The summed E-state index contributed by atoms with van der Waals surface area (Å²) in [6.45, 7) is 0.916. The lowest BCUT2D eigenvalue weighted by Crippen LogP contribution is -2.10. The minimum absolute atomic E-state index is 0.0401. The second-order valence-electron chi connectivity index (χ2n) is 8.85. The Labute approximate surface area is 210 Å². The Morgan fingerprint density at radius 2 is 1.94 bits per heavy atom. The van der Waals surface area contributed by atoms with Crippen molar-refractivity contribution in [2.45, 2.75) is 44.2 Å². The van der Waals surface area contributed by atoms with Gasteiger partial charge in [-0.15, -0.1) is 0 Å². The molecule has 2 fully saturated rings. The number of benzene rings is 1. The zero-order valence-electron chi connectivity index (χ0n) is 19.4. The summed E-state index contributed by atoms with van der Waals surface area (Å²) in [6.07, 6.45) is 12.0. The molecule has 1 unspecified atom stereocenters. The summed E-state index contributed by atoms with van der Waals surface area (Å²) in [4.78, 5) is 14.3. The number of anilines is 1. The average molecular weight is 519 g/mol. The van der Waals surface area contributed by atoms with E-state index in [-0.39, 0.29) is 10.6 Å². The zero-order chi connectivity index (χ0) is 24.5. The Morgan fingerprint density at radius 3 is 2.66 bits per heavy atom. The minimum atomic E-state index is -0.697. The molecule has 184 valence electrons. The minimum Gasteiger partial charge on any atom is -0.373 e. The number of thiazole rings is 1. The molecule has 35 heavy (non-hydrogen) atoms. The second kappa shape index (κ2) is 10.1. The normalized spacial score (nSPS) is 17.8. The largest absolute Gasteiger partial charge is 0.373 e. The van der Waals surface area contributed by atoms with Crippen molar-refractivity contribution in [3.8, 4) is 11.3 Å². The van der Waals surface area contributed by atoms with Gasteiger partial charge in [-0.3, -0.25) is 4.68 Å². The number of halogens is 3. The van der Waals surface area contributed by atoms with Crippen LogP contribution in [0.25, 0.3) is 21.6 Å². The third-order valence-electron chi connectivity index (χ3n) is 5.92. The fraction of sp³-hybridized carbons (Fsp3) is 0.417. The van der Waals surface area contributed by atoms with Crippen LogP contribution >= 0.6 is 22.9 Å². The van der Waals surface area contributed by atoms with E-state index in [1.807, 2.05) is 25.2 Å². The van der Waals surface area contributed by atoms with E-state index in [0.29, 0.717) is 33.3 Å². The molecule has 1 aromatic carbocycles. The highest BCUT2D eigenvalue weighted by molar-refractivity contribution is 7.22. The van der Waals surface area contributed by atoms with Gasteiger partial charge in [0.15, 0.2) is 10.8 Å². The standard InChI is InChI=1S/C13H9ClF2N4S.C11H16N2O/c1-20(2)13-19-12-11(21-13)10(17-5-18-12)6-3-9(16)7(14)4-8(6)15;1-2-6-14-11(3-1)9-7-12-13(8-9)10-4-5-10/h3-5H,1-2H3;7-8,10-11H,1-6H2. The monoisotopic (exact) mass is 518 g/mol. The molecule has 1 aliphatic heterocycles. The number of nitrogens with zero attached hydrogens (tertiary/aromatic N) is 6. The van der Waals surface area contributed by atoms with Crippen LogP contribution in [0.3, 0.4) is 0 Å². The highest BCUT2D eigenvalue weighted by Crippen LogP contribution is 2.37. The molecule has 0 spiro atoms. The van der Waals surface area contributed by atoms with Crippen LogP contribution in [0.15, 0.2) is 30.9 Å². The van der Waals surface area contributed by atoms with Gasteiger partial charge in [0.25, 0.3) is 0 Å². The quantitative estimate of drug-likeness (QED) is 0.299. The van der Waals surface area contributed by atoms with Gasteiger partial charge in [0.05, 0.1) is 29.1 Å². The molecular weight excluding hydrogens is 494 g/mol. The molecule has 0 N–H and O–H groups in total. The SMILES string of the molecule is CN(C)c1nc2ncnc(-c3cc(F)c(Cl)cc3F)c2s1.c1nn(C2CC2)cc1C1CCCCO1. The van der Waals surface area contributed by atoms with Gasteiger partial charge in [-0.1, -0.05) is 22.9 Å². The summed E-state index contributed by atoms with van der Waals surface area (Å²) >= 11 is 6.89. The summed E-state index contributed by atoms with van der Waals surface area (Å²) < 4.78 is 36.1. The summed E-state index contributed by atoms with van der Waals surface area (Å²) in [5, 5.41) is 4.84. The zero-order valence-corrected chi connectivity index (χ0v) is 21.0. The van der Waals surface area contributed by atoms with Gasteiger partial charge in [0.2, 0.25) is 0 Å². The molecule has 0 radical (unpaired) electrons. The van der Waals surface area contributed by atoms with Crippen LogP contribution < -0.4 is 4.90 Å². The van der Waals surface area contributed by atoms with Crippen LogP contribution in [0.4, 0.5) is 13.9 Å². The van der Waals surface area contributed by atoms with Crippen LogP contribution in [-0.4, -0.2) is 45.4 Å². The maximum Gasteiger partial charge on any atom is 0.187 e. The van der Waals surface area contributed by atoms with Crippen molar-refractivity contribution in [2.75, 3.05) is 25.6 Å². The predicted octanol–water partition coefficient (Wildman–Crippen LogP) is 6.21. The van der Waals surface area contributed by atoms with Gasteiger partial charge in [-0.25, -0.2) is 18.7 Å². The molecule has 7 nitrogen and oxygen atoms in total. The Morgan fingerprint density at radius 1 is 1.11 bits per heavy atom. The third kappa shape index (κ3) is 5.29. The van der Waals surface area contributed by atoms with Crippen molar-refractivity contribution in [3.05, 3.63) is 53.1 Å². The van der Waals surface area contributed by atoms with Crippen LogP contribution in [-0.2, 0) is 4.74 Å². The highest BCUT2D eigenvalue weighted by Gasteiger charge is 2.26. The molecule has 0 bridgehead atoms. The molecule has 2 aliphatic rings. The van der Waals surface area contributed by atoms with Crippen LogP contribution in [0.1, 0.15) is 49.8 Å². The molecule has 1 saturated carbocycles. The molecule has 1 aliphatic carbocycles. The molecule has 4 heterocycles. The lowest BCUT2D eigenvalue weighted by Gasteiger charge is -2.21. The van der Waals surface area contributed by atoms with Gasteiger partial charge < -0.3 is 9.64 Å². The predicted molar refractivity (Wildman–Crippen MR) is 133 cm³/mol. The molecule has 3 aromatic heterocycles. The van der Waals surface area contributed by atoms with E-state index in [1.165, 1.54) is 48.9 Å². The van der Waals surface area contributed by atoms with Gasteiger partial charge in [0, 0.05) is 38.0 Å². The van der Waals surface area contributed by atoms with Gasteiger partial charge >= 0.3 is 0 Å². The van der Waals surface area contributed by atoms with Crippen LogP contribution in [0.5, 0.6) is 0 Å². The molecule has 1 atom stereocenters. The van der Waals surface area contributed by atoms with E-state index in [9.17, 15) is 8.78 Å². The van der Waals surface area contributed by atoms with E-state index in [1.54, 1.807) is 0 Å². The topological polar surface area (TPSA) is 69.0 Å². The smallest absolute Gasteiger partial charge is 0.187 e. The second-order valence-corrected chi connectivity index (χ2v) is 10.2. The molecule has 6 rings (SSSR count). The number of rotatable bonds is 4. The third-order valence-corrected chi connectivity index (χ3v) is 7.43. The fourth-order valence-corrected chi connectivity index (χ4v) is 4.99. The molecule has 0 amide bonds. The fourth-order valence-electron chi connectivity index (χ4n) is 3.89. The number of fused-ring (bicyclic) bond motifs is 1. The lowest BCUT2D eigenvalue weighted by molar-refractivity contribution is 0.0149. The van der Waals surface area contributed by atoms with E-state index < -0.39 is 11.6 Å². The molecule has 4 aromatic rings. The van der Waals surface area contributed by atoms with Gasteiger partial charge in [0.1, 0.15) is 22.7 Å². The maximum atomic E-state index is 14.1. The summed E-state index contributed by atoms with van der Waals surface area (Å²) in [6, 6.07) is 2.66. The molecular formula is C24H25ClF2N6OS. The van der Waals surface area contributed by atoms with Crippen LogP contribution in [0.2, 0.25) is 5.02 Å². The van der Waals surface area contributed by atoms with Crippen molar-refractivity contribution in [2.24, 2.45) is 0 Å². The van der Waals surface area contributed by atoms with Gasteiger partial charge in [-0.2, -0.15) is 10.1 Å². The Bertz CT molecular complexity index is 1330. The van der Waals surface area contributed by atoms with Crippen molar-refractivity contribution in [1.29, 1.82) is 0 Å². The molecule has 11 heteroatoms. The molecule has 1 saturated heterocycles. The number of ether oxygens (including phenoxy) is 1. The number of hydrogen-bond acceptors (Lipinski definition) is 7. The van der Waals surface area contributed by atoms with E-state index >= 15 is 0 Å². The number of aromatic nitrogens is 5. The summed E-state index contributed by atoms with van der Waals surface area (Å²) in [7, 11) is 3.68. The lowest BCUT2D eigenvalue weighted by atomic mass is 10.0. The average Bonchev–Trinajstić information content (AvgIpc) is 3.40. The summed E-state index contributed by atoms with van der Waals surface area (Å²) in [5.41, 5.74) is 2.07. The summed E-state index contributed by atoms with van der Waals surface area (Å²) in [5.74, 6) is -1.33. The highest BCUT2D eigenvalue weighted by atomic mass is 35.5. The van der Waals surface area contributed by atoms with Crippen molar-refractivity contribution >= 4 is 38.4 Å². The maximum absolute atomic E-state index is 14.1. The first kappa shape index (κ1) is 24.0. The Hall–Kier alpha value is -2.69. The van der Waals surface area contributed by atoms with Crippen molar-refractivity contribution in [3.63, 3.8) is 0 Å². The van der Waals surface area contributed by atoms with Crippen molar-refractivity contribution in [1.82, 2.24) is 24.7 Å². The first-order valence-electron chi connectivity index (χ1n) is 11.5. The first-order chi connectivity index (χ1) is 16.9.